The first-order chi connectivity index (χ1) is 11.9. The molecule has 1 amide bonds. The fourth-order valence-electron chi connectivity index (χ4n) is 2.37. The van der Waals surface area contributed by atoms with Crippen LogP contribution in [0.5, 0.6) is 11.5 Å². The van der Waals surface area contributed by atoms with Gasteiger partial charge in [0.2, 0.25) is 0 Å². The topological polar surface area (TPSA) is 111 Å². The van der Waals surface area contributed by atoms with Crippen molar-refractivity contribution in [1.29, 1.82) is 0 Å². The van der Waals surface area contributed by atoms with Crippen LogP contribution >= 0.6 is 0 Å². The summed E-state index contributed by atoms with van der Waals surface area (Å²) in [4.78, 5) is 23.7. The second-order valence-corrected chi connectivity index (χ2v) is 5.36. The minimum Gasteiger partial charge on any atom is -0.493 e. The molecule has 1 atom stereocenters. The number of hydrogen-bond acceptors (Lipinski definition) is 5. The van der Waals surface area contributed by atoms with E-state index < -0.39 is 17.9 Å². The van der Waals surface area contributed by atoms with Gasteiger partial charge in [-0.3, -0.25) is 9.59 Å². The monoisotopic (exact) mass is 344 g/mol. The average molecular weight is 344 g/mol. The quantitative estimate of drug-likeness (QED) is 0.664. The smallest absolute Gasteiger partial charge is 0.305 e. The van der Waals surface area contributed by atoms with E-state index >= 15 is 0 Å². The first kappa shape index (κ1) is 18.1. The molecule has 0 unspecified atom stereocenters. The van der Waals surface area contributed by atoms with Crippen LogP contribution < -0.4 is 20.5 Å². The van der Waals surface area contributed by atoms with Gasteiger partial charge in [-0.1, -0.05) is 12.1 Å². The molecule has 2 aromatic rings. The van der Waals surface area contributed by atoms with E-state index in [9.17, 15) is 9.59 Å². The molecule has 0 aliphatic rings. The third kappa shape index (κ3) is 4.63. The number of carboxylic acid groups (broad SMARTS) is 1. The Kier molecular flexibility index (Phi) is 5.84. The number of ether oxygens (including phenoxy) is 2. The van der Waals surface area contributed by atoms with Crippen LogP contribution in [0, 0.1) is 0 Å². The molecule has 4 N–H and O–H groups in total. The molecule has 2 aromatic carbocycles. The third-order valence-electron chi connectivity index (χ3n) is 3.67. The first-order valence-corrected chi connectivity index (χ1v) is 7.54. The molecule has 0 bridgehead atoms. The zero-order chi connectivity index (χ0) is 18.4. The number of hydrogen-bond donors (Lipinski definition) is 3. The fraction of sp³-hybridized carbons (Fsp3) is 0.222. The highest BCUT2D eigenvalue weighted by Crippen LogP contribution is 2.28. The predicted octanol–water partition coefficient (Wildman–Crippen LogP) is 2.23. The van der Waals surface area contributed by atoms with Crippen LogP contribution in [0.2, 0.25) is 0 Å². The van der Waals surface area contributed by atoms with E-state index in [1.165, 1.54) is 20.3 Å². The molecule has 7 heteroatoms. The zero-order valence-electron chi connectivity index (χ0n) is 14.0. The molecule has 0 radical (unpaired) electrons. The lowest BCUT2D eigenvalue weighted by Gasteiger charge is -2.18. The van der Waals surface area contributed by atoms with E-state index in [4.69, 9.17) is 20.3 Å². The lowest BCUT2D eigenvalue weighted by molar-refractivity contribution is -0.137. The van der Waals surface area contributed by atoms with E-state index in [2.05, 4.69) is 5.32 Å². The second kappa shape index (κ2) is 8.05. The van der Waals surface area contributed by atoms with Crippen LogP contribution in [0.15, 0.2) is 42.5 Å². The number of carbonyl (C=O) groups excluding carboxylic acids is 1. The highest BCUT2D eigenvalue weighted by Gasteiger charge is 2.20. The van der Waals surface area contributed by atoms with Gasteiger partial charge in [0.15, 0.2) is 11.5 Å². The van der Waals surface area contributed by atoms with Gasteiger partial charge in [0, 0.05) is 11.3 Å². The summed E-state index contributed by atoms with van der Waals surface area (Å²) >= 11 is 0. The number of nitrogen functional groups attached to an aromatic ring is 1. The molecule has 0 fully saturated rings. The molecule has 7 nitrogen and oxygen atoms in total. The van der Waals surface area contributed by atoms with Crippen molar-refractivity contribution in [1.82, 2.24) is 5.32 Å². The average Bonchev–Trinajstić information content (AvgIpc) is 2.60. The molecule has 0 saturated heterocycles. The van der Waals surface area contributed by atoms with Crippen molar-refractivity contribution in [3.63, 3.8) is 0 Å². The highest BCUT2D eigenvalue weighted by molar-refractivity contribution is 5.95. The van der Waals surface area contributed by atoms with Crippen LogP contribution in [0.3, 0.4) is 0 Å². The molecule has 0 saturated carbocycles. The number of aliphatic carboxylic acids is 1. The Morgan fingerprint density at radius 2 is 1.72 bits per heavy atom. The fourth-order valence-corrected chi connectivity index (χ4v) is 2.37. The number of carboxylic acids is 1. The summed E-state index contributed by atoms with van der Waals surface area (Å²) in [5, 5.41) is 11.9. The summed E-state index contributed by atoms with van der Waals surface area (Å²) in [5.41, 5.74) is 7.20. The Bertz CT molecular complexity index is 759. The van der Waals surface area contributed by atoms with Gasteiger partial charge >= 0.3 is 5.97 Å². The summed E-state index contributed by atoms with van der Waals surface area (Å²) in [5.74, 6) is -0.518. The van der Waals surface area contributed by atoms with E-state index in [1.54, 1.807) is 36.4 Å². The van der Waals surface area contributed by atoms with E-state index in [1.807, 2.05) is 0 Å². The van der Waals surface area contributed by atoms with Gasteiger partial charge in [-0.2, -0.15) is 0 Å². The minimum atomic E-state index is -1.02. The maximum absolute atomic E-state index is 12.5. The van der Waals surface area contributed by atoms with Crippen molar-refractivity contribution in [2.45, 2.75) is 12.5 Å². The van der Waals surface area contributed by atoms with Crippen LogP contribution in [0.1, 0.15) is 28.4 Å². The lowest BCUT2D eigenvalue weighted by atomic mass is 10.0. The predicted molar refractivity (Wildman–Crippen MR) is 92.9 cm³/mol. The lowest BCUT2D eigenvalue weighted by Crippen LogP contribution is -2.30. The SMILES string of the molecule is COc1ccc(C(=O)N[C@H](CC(=O)O)c2ccc(N)cc2)cc1OC. The van der Waals surface area contributed by atoms with Crippen LogP contribution in [0.4, 0.5) is 5.69 Å². The number of methoxy groups -OCH3 is 2. The third-order valence-corrected chi connectivity index (χ3v) is 3.67. The number of benzene rings is 2. The van der Waals surface area contributed by atoms with Gasteiger partial charge in [0.25, 0.3) is 5.91 Å². The Balaban J connectivity index is 2.24. The number of amides is 1. The first-order valence-electron chi connectivity index (χ1n) is 7.54. The summed E-state index contributed by atoms with van der Waals surface area (Å²) in [6, 6.07) is 10.8. The molecule has 2 rings (SSSR count). The number of nitrogens with one attached hydrogen (secondary N) is 1. The van der Waals surface area contributed by atoms with Crippen LogP contribution in [-0.2, 0) is 4.79 Å². The second-order valence-electron chi connectivity index (χ2n) is 5.36. The summed E-state index contributed by atoms with van der Waals surface area (Å²) in [6.07, 6.45) is -0.247. The normalized spacial score (nSPS) is 11.4. The molecule has 132 valence electrons. The van der Waals surface area contributed by atoms with Crippen molar-refractivity contribution in [3.05, 3.63) is 53.6 Å². The van der Waals surface area contributed by atoms with Crippen LogP contribution in [-0.4, -0.2) is 31.2 Å². The zero-order valence-corrected chi connectivity index (χ0v) is 14.0. The minimum absolute atomic E-state index is 0.247. The van der Waals surface area contributed by atoms with Crippen molar-refractivity contribution < 1.29 is 24.2 Å². The van der Waals surface area contributed by atoms with Gasteiger partial charge in [-0.25, -0.2) is 0 Å². The largest absolute Gasteiger partial charge is 0.493 e. The summed E-state index contributed by atoms with van der Waals surface area (Å²) in [7, 11) is 2.97. The van der Waals surface area contributed by atoms with Gasteiger partial charge in [-0.05, 0) is 35.9 Å². The van der Waals surface area contributed by atoms with E-state index in [0.29, 0.717) is 28.3 Å². The molecule has 0 heterocycles. The molecule has 0 spiro atoms. The highest BCUT2D eigenvalue weighted by atomic mass is 16.5. The summed E-state index contributed by atoms with van der Waals surface area (Å²) in [6.45, 7) is 0. The number of carbonyl (C=O) groups is 2. The molecule has 25 heavy (non-hydrogen) atoms. The number of rotatable bonds is 7. The maximum Gasteiger partial charge on any atom is 0.305 e. The number of anilines is 1. The summed E-state index contributed by atoms with van der Waals surface area (Å²) < 4.78 is 10.3. The van der Waals surface area contributed by atoms with Gasteiger partial charge in [0.1, 0.15) is 0 Å². The van der Waals surface area contributed by atoms with Crippen molar-refractivity contribution >= 4 is 17.6 Å². The van der Waals surface area contributed by atoms with Crippen molar-refractivity contribution in [3.8, 4) is 11.5 Å². The molecular weight excluding hydrogens is 324 g/mol. The van der Waals surface area contributed by atoms with E-state index in [0.717, 1.165) is 0 Å². The molecule has 0 aliphatic heterocycles. The Morgan fingerprint density at radius 1 is 1.08 bits per heavy atom. The van der Waals surface area contributed by atoms with Crippen molar-refractivity contribution in [2.75, 3.05) is 20.0 Å². The Morgan fingerprint density at radius 3 is 2.28 bits per heavy atom. The van der Waals surface area contributed by atoms with Crippen LogP contribution in [0.25, 0.3) is 0 Å². The van der Waals surface area contributed by atoms with Crippen molar-refractivity contribution in [2.24, 2.45) is 0 Å². The Hall–Kier alpha value is -3.22. The molecular formula is C18H20N2O5. The Labute approximate surface area is 145 Å². The van der Waals surface area contributed by atoms with E-state index in [-0.39, 0.29) is 6.42 Å². The molecule has 0 aromatic heterocycles. The van der Waals surface area contributed by atoms with Gasteiger partial charge < -0.3 is 25.6 Å². The maximum atomic E-state index is 12.5. The van der Waals surface area contributed by atoms with Gasteiger partial charge in [-0.15, -0.1) is 0 Å². The standard InChI is InChI=1S/C18H20N2O5/c1-24-15-8-5-12(9-16(15)25-2)18(23)20-14(10-17(21)22)11-3-6-13(19)7-4-11/h3-9,14H,10,19H2,1-2H3,(H,20,23)(H,21,22)/t14-/m1/s1. The molecule has 0 aliphatic carbocycles. The van der Waals surface area contributed by atoms with Gasteiger partial charge in [0.05, 0.1) is 26.7 Å². The number of nitrogens with two attached hydrogens (primary N) is 1.